The predicted molar refractivity (Wildman–Crippen MR) is 174 cm³/mol. The smallest absolute Gasteiger partial charge is 0.337 e. The van der Waals surface area contributed by atoms with Crippen LogP contribution in [0.3, 0.4) is 0 Å². The first-order chi connectivity index (χ1) is 23.0. The number of ketones is 1. The van der Waals surface area contributed by atoms with Gasteiger partial charge in [-0.15, -0.1) is 0 Å². The van der Waals surface area contributed by atoms with E-state index in [1.165, 1.54) is 48.7 Å². The van der Waals surface area contributed by atoms with Gasteiger partial charge in [0.25, 0.3) is 0 Å². The third-order valence-electron chi connectivity index (χ3n) is 7.73. The average molecular weight is 663 g/mol. The highest BCUT2D eigenvalue weighted by Gasteiger charge is 2.22. The SMILES string of the molecule is CC(=O)c1cncc(N2CCN(/C(F)=C/C(=C\N)C(=O)O)CCN(c3cncc(C(=O)O)c3)CCN(c3cncc(C(=O)O)c3)CC2)c1. The van der Waals surface area contributed by atoms with Crippen LogP contribution >= 0.6 is 0 Å². The zero-order valence-electron chi connectivity index (χ0n) is 26.1. The zero-order chi connectivity index (χ0) is 34.8. The number of aliphatic carboxylic acids is 1. The van der Waals surface area contributed by atoms with Crippen LogP contribution in [0.15, 0.2) is 79.2 Å². The molecule has 4 heterocycles. The minimum absolute atomic E-state index is 0.00536. The van der Waals surface area contributed by atoms with Gasteiger partial charge in [-0.2, -0.15) is 4.39 Å². The molecule has 1 saturated heterocycles. The van der Waals surface area contributed by atoms with Crippen LogP contribution < -0.4 is 20.4 Å². The number of hydrogen-bond acceptors (Lipinski definition) is 12. The number of rotatable bonds is 9. The van der Waals surface area contributed by atoms with Gasteiger partial charge in [0.1, 0.15) is 0 Å². The van der Waals surface area contributed by atoms with Crippen LogP contribution in [-0.4, -0.2) is 111 Å². The lowest BCUT2D eigenvalue weighted by Crippen LogP contribution is -2.46. The van der Waals surface area contributed by atoms with Gasteiger partial charge in [-0.25, -0.2) is 14.4 Å². The highest BCUT2D eigenvalue weighted by atomic mass is 19.1. The molecule has 5 N–H and O–H groups in total. The summed E-state index contributed by atoms with van der Waals surface area (Å²) in [6.45, 7) is 3.09. The van der Waals surface area contributed by atoms with Crippen LogP contribution in [0.25, 0.3) is 0 Å². The summed E-state index contributed by atoms with van der Waals surface area (Å²) in [5.41, 5.74) is 6.89. The molecular formula is C32H35FN8O7. The molecule has 1 aliphatic heterocycles. The summed E-state index contributed by atoms with van der Waals surface area (Å²) in [5.74, 6) is -4.77. The van der Waals surface area contributed by atoms with Gasteiger partial charge < -0.3 is 40.7 Å². The van der Waals surface area contributed by atoms with Crippen molar-refractivity contribution in [3.05, 3.63) is 95.9 Å². The number of carbonyl (C=O) groups excluding carboxylic acids is 1. The molecule has 3 aromatic heterocycles. The maximum Gasteiger partial charge on any atom is 0.337 e. The Labute approximate surface area is 275 Å². The van der Waals surface area contributed by atoms with Gasteiger partial charge >= 0.3 is 17.9 Å². The molecule has 252 valence electrons. The van der Waals surface area contributed by atoms with E-state index in [0.717, 1.165) is 12.3 Å². The van der Waals surface area contributed by atoms with Gasteiger partial charge in [0.05, 0.1) is 52.4 Å². The molecule has 4 rings (SSSR count). The number of carboxylic acid groups (broad SMARTS) is 3. The molecule has 0 atom stereocenters. The standard InChI is InChI=1S/C32H35FN8O7/c1-21(42)23-10-26(18-35-15-23)39-4-2-38(27-11-24(31(45)46)16-36-19-27)3-5-40(28-12-25(32(47)48)17-37-20-28)7-9-41(8-6-39)29(33)13-22(14-34)30(43)44/h10-20H,2-9,34H2,1H3,(H,43,44)(H,45,46)(H,47,48)/b22-14+,29-13+. The van der Waals surface area contributed by atoms with Crippen LogP contribution in [0.2, 0.25) is 0 Å². The lowest BCUT2D eigenvalue weighted by atomic mass is 10.2. The number of carboxylic acids is 3. The maximum atomic E-state index is 15.8. The Hall–Kier alpha value is -6.06. The van der Waals surface area contributed by atoms with Crippen molar-refractivity contribution in [2.75, 3.05) is 67.1 Å². The van der Waals surface area contributed by atoms with Crippen LogP contribution in [-0.2, 0) is 4.79 Å². The first-order valence-electron chi connectivity index (χ1n) is 14.8. The minimum Gasteiger partial charge on any atom is -0.478 e. The second-order valence-corrected chi connectivity index (χ2v) is 10.8. The molecule has 16 heteroatoms. The van der Waals surface area contributed by atoms with E-state index in [0.29, 0.717) is 42.3 Å². The Morgan fingerprint density at radius 2 is 1.04 bits per heavy atom. The third kappa shape index (κ3) is 9.02. The van der Waals surface area contributed by atoms with Gasteiger partial charge in [-0.3, -0.25) is 19.7 Å². The van der Waals surface area contributed by atoms with Crippen molar-refractivity contribution < 1.29 is 38.9 Å². The molecule has 15 nitrogen and oxygen atoms in total. The highest BCUT2D eigenvalue weighted by molar-refractivity contribution is 5.94. The summed E-state index contributed by atoms with van der Waals surface area (Å²) in [5, 5.41) is 28.6. The molecule has 0 bridgehead atoms. The molecule has 0 aromatic carbocycles. The van der Waals surface area contributed by atoms with Crippen molar-refractivity contribution in [2.24, 2.45) is 5.73 Å². The lowest BCUT2D eigenvalue weighted by molar-refractivity contribution is -0.132. The van der Waals surface area contributed by atoms with E-state index in [9.17, 15) is 34.5 Å². The summed E-state index contributed by atoms with van der Waals surface area (Å²) in [7, 11) is 0. The Balaban J connectivity index is 1.77. The van der Waals surface area contributed by atoms with Gasteiger partial charge in [0.2, 0.25) is 0 Å². The molecular weight excluding hydrogens is 627 g/mol. The van der Waals surface area contributed by atoms with E-state index in [2.05, 4.69) is 15.0 Å². The Bertz CT molecular complexity index is 1660. The summed E-state index contributed by atoms with van der Waals surface area (Å²) >= 11 is 0. The Morgan fingerprint density at radius 3 is 1.40 bits per heavy atom. The van der Waals surface area contributed by atoms with E-state index in [1.54, 1.807) is 18.5 Å². The molecule has 1 fully saturated rings. The van der Waals surface area contributed by atoms with Gasteiger partial charge in [-0.05, 0) is 25.1 Å². The van der Waals surface area contributed by atoms with Crippen molar-refractivity contribution in [3.8, 4) is 0 Å². The Kier molecular flexibility index (Phi) is 11.6. The Morgan fingerprint density at radius 1 is 0.667 bits per heavy atom. The number of pyridine rings is 3. The maximum absolute atomic E-state index is 15.8. The number of hydrogen-bond donors (Lipinski definition) is 4. The topological polar surface area (TPSA) is 207 Å². The fourth-order valence-electron chi connectivity index (χ4n) is 5.03. The van der Waals surface area contributed by atoms with E-state index in [4.69, 9.17) is 5.73 Å². The monoisotopic (exact) mass is 662 g/mol. The quantitative estimate of drug-likeness (QED) is 0.112. The molecule has 48 heavy (non-hydrogen) atoms. The van der Waals surface area contributed by atoms with Gasteiger partial charge in [0.15, 0.2) is 11.7 Å². The number of nitrogens with two attached hydrogens (primary N) is 1. The van der Waals surface area contributed by atoms with E-state index in [1.807, 2.05) is 14.7 Å². The predicted octanol–water partition coefficient (Wildman–Crippen LogP) is 2.34. The summed E-state index contributed by atoms with van der Waals surface area (Å²) in [4.78, 5) is 66.6. The largest absolute Gasteiger partial charge is 0.478 e. The number of anilines is 3. The second kappa shape index (κ2) is 16.0. The number of Topliss-reactive ketones (excluding diaryl/α,β-unsaturated/α-hetero) is 1. The number of aromatic carboxylic acids is 2. The normalized spacial score (nSPS) is 15.4. The van der Waals surface area contributed by atoms with E-state index in [-0.39, 0.29) is 49.6 Å². The van der Waals surface area contributed by atoms with Crippen LogP contribution in [0, 0.1) is 0 Å². The van der Waals surface area contributed by atoms with Crippen LogP contribution in [0.4, 0.5) is 21.5 Å². The fraction of sp³-hybridized carbons (Fsp3) is 0.281. The van der Waals surface area contributed by atoms with Crippen LogP contribution in [0.1, 0.15) is 38.0 Å². The van der Waals surface area contributed by atoms with Crippen molar-refractivity contribution in [1.82, 2.24) is 19.9 Å². The number of aromatic nitrogens is 3. The van der Waals surface area contributed by atoms with Crippen molar-refractivity contribution >= 4 is 40.8 Å². The van der Waals surface area contributed by atoms with Crippen LogP contribution in [0.5, 0.6) is 0 Å². The molecule has 0 saturated carbocycles. The first kappa shape index (κ1) is 34.8. The van der Waals surface area contributed by atoms with Gasteiger partial charge in [-0.1, -0.05) is 0 Å². The highest BCUT2D eigenvalue weighted by Crippen LogP contribution is 2.22. The molecule has 0 spiro atoms. The third-order valence-corrected chi connectivity index (χ3v) is 7.73. The van der Waals surface area contributed by atoms with Crippen molar-refractivity contribution in [2.45, 2.75) is 6.92 Å². The lowest BCUT2D eigenvalue weighted by Gasteiger charge is -2.36. The second-order valence-electron chi connectivity index (χ2n) is 10.8. The fourth-order valence-corrected chi connectivity index (χ4v) is 5.03. The number of halogens is 1. The number of carbonyl (C=O) groups is 4. The van der Waals surface area contributed by atoms with Gasteiger partial charge in [0, 0.05) is 88.8 Å². The first-order valence-corrected chi connectivity index (χ1v) is 14.8. The molecule has 0 aliphatic carbocycles. The van der Waals surface area contributed by atoms with E-state index >= 15 is 4.39 Å². The summed E-state index contributed by atoms with van der Waals surface area (Å²) < 4.78 is 15.8. The van der Waals surface area contributed by atoms with Crippen molar-refractivity contribution in [3.63, 3.8) is 0 Å². The molecule has 0 amide bonds. The average Bonchev–Trinajstić information content (AvgIpc) is 3.07. The summed E-state index contributed by atoms with van der Waals surface area (Å²) in [6, 6.07) is 4.64. The van der Waals surface area contributed by atoms with E-state index < -0.39 is 29.4 Å². The molecule has 1 aliphatic rings. The zero-order valence-corrected chi connectivity index (χ0v) is 26.1. The minimum atomic E-state index is -1.41. The summed E-state index contributed by atoms with van der Waals surface area (Å²) in [6.07, 6.45) is 10.1. The molecule has 3 aromatic rings. The molecule has 0 radical (unpaired) electrons. The van der Waals surface area contributed by atoms with Crippen molar-refractivity contribution in [1.29, 1.82) is 0 Å². The number of nitrogens with zero attached hydrogens (tertiary/aromatic N) is 7. The molecule has 0 unspecified atom stereocenters.